The van der Waals surface area contributed by atoms with E-state index in [2.05, 4.69) is 10.2 Å². The minimum Gasteiger partial charge on any atom is -0.478 e. The lowest BCUT2D eigenvalue weighted by atomic mass is 10.2. The highest BCUT2D eigenvalue weighted by Crippen LogP contribution is 2.25. The molecule has 0 aliphatic heterocycles. The van der Waals surface area contributed by atoms with Gasteiger partial charge in [-0.3, -0.25) is 0 Å². The smallest absolute Gasteiger partial charge is 0.337 e. The van der Waals surface area contributed by atoms with Crippen molar-refractivity contribution in [1.29, 1.82) is 0 Å². The summed E-state index contributed by atoms with van der Waals surface area (Å²) in [5.74, 6) is -1.20. The van der Waals surface area contributed by atoms with Crippen molar-refractivity contribution in [1.82, 2.24) is 4.90 Å². The van der Waals surface area contributed by atoms with Crippen LogP contribution in [0.1, 0.15) is 23.2 Å². The summed E-state index contributed by atoms with van der Waals surface area (Å²) in [5.41, 5.74) is 0.287. The van der Waals surface area contributed by atoms with E-state index in [1.54, 1.807) is 0 Å². The third kappa shape index (κ3) is 4.16. The van der Waals surface area contributed by atoms with Crippen LogP contribution in [-0.2, 0) is 10.0 Å². The number of nitrogens with two attached hydrogens (primary N) is 1. The van der Waals surface area contributed by atoms with E-state index in [0.717, 1.165) is 12.6 Å². The van der Waals surface area contributed by atoms with E-state index in [1.165, 1.54) is 25.0 Å². The van der Waals surface area contributed by atoms with Gasteiger partial charge in [0.05, 0.1) is 10.5 Å². The molecule has 4 N–H and O–H groups in total. The summed E-state index contributed by atoms with van der Waals surface area (Å²) in [5, 5.41) is 17.2. The van der Waals surface area contributed by atoms with Crippen molar-refractivity contribution in [2.24, 2.45) is 5.14 Å². The van der Waals surface area contributed by atoms with Crippen molar-refractivity contribution in [2.45, 2.75) is 23.8 Å². The molecule has 0 radical (unpaired) electrons. The third-order valence-electron chi connectivity index (χ3n) is 3.50. The van der Waals surface area contributed by atoms with Crippen LogP contribution in [0.25, 0.3) is 0 Å². The number of hydrogen-bond donors (Lipinski definition) is 3. The highest BCUT2D eigenvalue weighted by Gasteiger charge is 2.25. The molecule has 1 saturated carbocycles. The maximum Gasteiger partial charge on any atom is 0.337 e. The first-order chi connectivity index (χ1) is 9.79. The molecule has 0 amide bonds. The van der Waals surface area contributed by atoms with Crippen LogP contribution in [-0.4, -0.2) is 50.6 Å². The molecule has 0 bridgehead atoms. The SMILES string of the molecule is CN(CCNc1ccc(S(N)(=O)=O)cc1C(=O)O)C1CC1. The van der Waals surface area contributed by atoms with E-state index in [4.69, 9.17) is 5.14 Å². The predicted molar refractivity (Wildman–Crippen MR) is 78.9 cm³/mol. The molecule has 1 aromatic rings. The number of carbonyl (C=O) groups is 1. The molecular weight excluding hydrogens is 294 g/mol. The summed E-state index contributed by atoms with van der Waals surface area (Å²) in [6.07, 6.45) is 2.42. The third-order valence-corrected chi connectivity index (χ3v) is 4.41. The largest absolute Gasteiger partial charge is 0.478 e. The van der Waals surface area contributed by atoms with Gasteiger partial charge in [-0.15, -0.1) is 0 Å². The van der Waals surface area contributed by atoms with Gasteiger partial charge in [0.2, 0.25) is 10.0 Å². The molecule has 7 nitrogen and oxygen atoms in total. The van der Waals surface area contributed by atoms with Crippen molar-refractivity contribution in [2.75, 3.05) is 25.5 Å². The molecule has 8 heteroatoms. The molecule has 1 aliphatic rings. The summed E-state index contributed by atoms with van der Waals surface area (Å²) in [4.78, 5) is 13.2. The number of carboxylic acid groups (broad SMARTS) is 1. The first-order valence-corrected chi connectivity index (χ1v) is 8.18. The van der Waals surface area contributed by atoms with E-state index in [1.807, 2.05) is 7.05 Å². The zero-order chi connectivity index (χ0) is 15.6. The van der Waals surface area contributed by atoms with Crippen molar-refractivity contribution < 1.29 is 18.3 Å². The molecule has 0 unspecified atom stereocenters. The fraction of sp³-hybridized carbons (Fsp3) is 0.462. The second kappa shape index (κ2) is 6.00. The summed E-state index contributed by atoms with van der Waals surface area (Å²) < 4.78 is 22.5. The number of anilines is 1. The fourth-order valence-electron chi connectivity index (χ4n) is 2.10. The number of hydrogen-bond acceptors (Lipinski definition) is 5. The van der Waals surface area contributed by atoms with Gasteiger partial charge in [-0.1, -0.05) is 0 Å². The van der Waals surface area contributed by atoms with Gasteiger partial charge in [-0.05, 0) is 38.1 Å². The topological polar surface area (TPSA) is 113 Å². The summed E-state index contributed by atoms with van der Waals surface area (Å²) >= 11 is 0. The summed E-state index contributed by atoms with van der Waals surface area (Å²) in [6, 6.07) is 4.44. The van der Waals surface area contributed by atoms with E-state index in [-0.39, 0.29) is 10.5 Å². The van der Waals surface area contributed by atoms with Crippen LogP contribution in [0.15, 0.2) is 23.1 Å². The summed E-state index contributed by atoms with van der Waals surface area (Å²) in [7, 11) is -1.88. The number of benzene rings is 1. The highest BCUT2D eigenvalue weighted by atomic mass is 32.2. The number of carboxylic acids is 1. The Morgan fingerprint density at radius 2 is 2.14 bits per heavy atom. The minimum atomic E-state index is -3.91. The summed E-state index contributed by atoms with van der Waals surface area (Å²) in [6.45, 7) is 1.38. The lowest BCUT2D eigenvalue weighted by molar-refractivity contribution is 0.0697. The standard InChI is InChI=1S/C13H19N3O4S/c1-16(9-2-3-9)7-6-15-12-5-4-10(21(14,19)20)8-11(12)13(17)18/h4-5,8-9,15H,2-3,6-7H2,1H3,(H,17,18)(H2,14,19,20). The number of primary sulfonamides is 1. The number of nitrogens with zero attached hydrogens (tertiary/aromatic N) is 1. The Hall–Kier alpha value is -1.64. The van der Waals surface area contributed by atoms with Gasteiger partial charge in [0, 0.05) is 24.8 Å². The molecule has 116 valence electrons. The Balaban J connectivity index is 2.09. The Labute approximate surface area is 123 Å². The van der Waals surface area contributed by atoms with Gasteiger partial charge in [0.1, 0.15) is 0 Å². The molecule has 1 fully saturated rings. The predicted octanol–water partition coefficient (Wildman–Crippen LogP) is 0.538. The zero-order valence-corrected chi connectivity index (χ0v) is 12.6. The van der Waals surface area contributed by atoms with E-state index >= 15 is 0 Å². The maximum atomic E-state index is 11.3. The average Bonchev–Trinajstić information content (AvgIpc) is 3.21. The second-order valence-electron chi connectivity index (χ2n) is 5.20. The number of sulfonamides is 1. The monoisotopic (exact) mass is 313 g/mol. The molecule has 0 atom stereocenters. The number of nitrogens with one attached hydrogen (secondary N) is 1. The van der Waals surface area contributed by atoms with E-state index < -0.39 is 16.0 Å². The van der Waals surface area contributed by atoms with Crippen LogP contribution in [0.5, 0.6) is 0 Å². The van der Waals surface area contributed by atoms with Crippen molar-refractivity contribution >= 4 is 21.7 Å². The first kappa shape index (κ1) is 15.7. The lowest BCUT2D eigenvalue weighted by Gasteiger charge is -2.17. The van der Waals surface area contributed by atoms with Gasteiger partial charge in [0.15, 0.2) is 0 Å². The van der Waals surface area contributed by atoms with Crippen LogP contribution in [0, 0.1) is 0 Å². The molecule has 0 spiro atoms. The van der Waals surface area contributed by atoms with E-state index in [0.29, 0.717) is 18.3 Å². The number of likely N-dealkylation sites (N-methyl/N-ethyl adjacent to an activating group) is 1. The van der Waals surface area contributed by atoms with Crippen LogP contribution in [0.3, 0.4) is 0 Å². The van der Waals surface area contributed by atoms with E-state index in [9.17, 15) is 18.3 Å². The average molecular weight is 313 g/mol. The second-order valence-corrected chi connectivity index (χ2v) is 6.76. The Kier molecular flexibility index (Phi) is 4.50. The van der Waals surface area contributed by atoms with Crippen LogP contribution in [0.4, 0.5) is 5.69 Å². The van der Waals surface area contributed by atoms with Gasteiger partial charge >= 0.3 is 5.97 Å². The molecule has 1 aliphatic carbocycles. The molecule has 2 rings (SSSR count). The number of rotatable bonds is 7. The number of aromatic carboxylic acids is 1. The Morgan fingerprint density at radius 3 is 2.67 bits per heavy atom. The molecule has 21 heavy (non-hydrogen) atoms. The van der Waals surface area contributed by atoms with Gasteiger partial charge < -0.3 is 15.3 Å². The minimum absolute atomic E-state index is 0.101. The van der Waals surface area contributed by atoms with Crippen LogP contribution >= 0.6 is 0 Å². The van der Waals surface area contributed by atoms with Crippen LogP contribution < -0.4 is 10.5 Å². The maximum absolute atomic E-state index is 11.3. The van der Waals surface area contributed by atoms with Crippen molar-refractivity contribution in [3.05, 3.63) is 23.8 Å². The van der Waals surface area contributed by atoms with Gasteiger partial charge in [-0.25, -0.2) is 18.4 Å². The van der Waals surface area contributed by atoms with Crippen molar-refractivity contribution in [3.63, 3.8) is 0 Å². The first-order valence-electron chi connectivity index (χ1n) is 6.63. The molecule has 0 heterocycles. The van der Waals surface area contributed by atoms with Gasteiger partial charge in [-0.2, -0.15) is 0 Å². The quantitative estimate of drug-likeness (QED) is 0.677. The fourth-order valence-corrected chi connectivity index (χ4v) is 2.64. The Morgan fingerprint density at radius 1 is 1.48 bits per heavy atom. The van der Waals surface area contributed by atoms with Crippen molar-refractivity contribution in [3.8, 4) is 0 Å². The van der Waals surface area contributed by atoms with Gasteiger partial charge in [0.25, 0.3) is 0 Å². The molecular formula is C13H19N3O4S. The Bertz CT molecular complexity index is 641. The lowest BCUT2D eigenvalue weighted by Crippen LogP contribution is -2.27. The van der Waals surface area contributed by atoms with Crippen LogP contribution in [0.2, 0.25) is 0 Å². The molecule has 1 aromatic carbocycles. The molecule has 0 saturated heterocycles. The molecule has 0 aromatic heterocycles. The highest BCUT2D eigenvalue weighted by molar-refractivity contribution is 7.89. The normalized spacial score (nSPS) is 15.2. The zero-order valence-electron chi connectivity index (χ0n) is 11.7.